The molecule has 0 spiro atoms. The van der Waals surface area contributed by atoms with Crippen molar-refractivity contribution in [3.8, 4) is 5.69 Å². The van der Waals surface area contributed by atoms with Gasteiger partial charge in [-0.1, -0.05) is 12.1 Å². The molecular formula is C14H15NOS. The molecule has 1 heterocycles. The van der Waals surface area contributed by atoms with E-state index >= 15 is 0 Å². The molecule has 0 aliphatic rings. The van der Waals surface area contributed by atoms with Crippen molar-refractivity contribution in [1.82, 2.24) is 4.57 Å². The first kappa shape index (κ1) is 12.0. The molecule has 0 N–H and O–H groups in total. The number of hydrogen-bond donors (Lipinski definition) is 1. The van der Waals surface area contributed by atoms with Crippen LogP contribution in [0.1, 0.15) is 16.8 Å². The fourth-order valence-electron chi connectivity index (χ4n) is 1.85. The Kier molecular flexibility index (Phi) is 3.38. The summed E-state index contributed by atoms with van der Waals surface area (Å²) in [6.45, 7) is 3.99. The van der Waals surface area contributed by atoms with E-state index in [4.69, 9.17) is 0 Å². The third kappa shape index (κ3) is 2.44. The van der Waals surface area contributed by atoms with Crippen LogP contribution in [0.4, 0.5) is 0 Å². The van der Waals surface area contributed by atoms with Gasteiger partial charge in [-0.2, -0.15) is 12.6 Å². The zero-order valence-electron chi connectivity index (χ0n) is 9.97. The molecule has 0 atom stereocenters. The lowest BCUT2D eigenvalue weighted by Gasteiger charge is -2.12. The average Bonchev–Trinajstić information content (AvgIpc) is 2.29. The van der Waals surface area contributed by atoms with E-state index in [0.717, 1.165) is 16.9 Å². The first-order valence-corrected chi connectivity index (χ1v) is 6.15. The third-order valence-electron chi connectivity index (χ3n) is 2.77. The summed E-state index contributed by atoms with van der Waals surface area (Å²) in [5.74, 6) is 0.463. The Labute approximate surface area is 106 Å². The van der Waals surface area contributed by atoms with Gasteiger partial charge in [-0.05, 0) is 31.5 Å². The van der Waals surface area contributed by atoms with Crippen LogP contribution in [0.25, 0.3) is 5.69 Å². The second-order valence-corrected chi connectivity index (χ2v) is 4.49. The molecule has 0 bridgehead atoms. The monoisotopic (exact) mass is 245 g/mol. The van der Waals surface area contributed by atoms with Crippen LogP contribution < -0.4 is 5.43 Å². The predicted molar refractivity (Wildman–Crippen MR) is 74.2 cm³/mol. The van der Waals surface area contributed by atoms with E-state index in [-0.39, 0.29) is 5.43 Å². The lowest BCUT2D eigenvalue weighted by atomic mass is 10.2. The molecule has 0 aliphatic carbocycles. The van der Waals surface area contributed by atoms with Gasteiger partial charge in [0.2, 0.25) is 0 Å². The number of aryl methyl sites for hydroxylation is 2. The highest BCUT2D eigenvalue weighted by atomic mass is 32.1. The zero-order valence-corrected chi connectivity index (χ0v) is 10.9. The number of pyridine rings is 1. The van der Waals surface area contributed by atoms with Gasteiger partial charge in [0.05, 0.1) is 0 Å². The molecule has 0 saturated heterocycles. The number of rotatable bonds is 2. The van der Waals surface area contributed by atoms with E-state index in [0.29, 0.717) is 5.75 Å². The molecule has 0 aliphatic heterocycles. The quantitative estimate of drug-likeness (QED) is 0.807. The Morgan fingerprint density at radius 3 is 2.65 bits per heavy atom. The van der Waals surface area contributed by atoms with Crippen molar-refractivity contribution in [2.45, 2.75) is 19.6 Å². The molecule has 0 amide bonds. The number of aromatic nitrogens is 1. The molecule has 0 fully saturated rings. The molecule has 1 aromatic heterocycles. The fraction of sp³-hybridized carbons (Fsp3) is 0.214. The molecule has 2 nitrogen and oxygen atoms in total. The lowest BCUT2D eigenvalue weighted by molar-refractivity contribution is 0.954. The summed E-state index contributed by atoms with van der Waals surface area (Å²) in [5, 5.41) is 0. The lowest BCUT2D eigenvalue weighted by Crippen LogP contribution is -2.13. The standard InChI is InChI=1S/C14H15NOS/c1-10-4-3-5-13(6-10)15-8-12(9-17)14(16)7-11(15)2/h3-8,17H,9H2,1-2H3. The summed E-state index contributed by atoms with van der Waals surface area (Å²) in [5.41, 5.74) is 3.99. The Morgan fingerprint density at radius 1 is 1.24 bits per heavy atom. The summed E-state index contributed by atoms with van der Waals surface area (Å²) < 4.78 is 2.03. The van der Waals surface area contributed by atoms with Crippen LogP contribution in [0.15, 0.2) is 41.3 Å². The minimum Gasteiger partial charge on any atom is -0.321 e. The first-order chi connectivity index (χ1) is 8.11. The Hall–Kier alpha value is -1.48. The molecule has 17 heavy (non-hydrogen) atoms. The van der Waals surface area contributed by atoms with Crippen molar-refractivity contribution in [3.63, 3.8) is 0 Å². The highest BCUT2D eigenvalue weighted by Crippen LogP contribution is 2.13. The van der Waals surface area contributed by atoms with Gasteiger partial charge in [-0.25, -0.2) is 0 Å². The number of hydrogen-bond acceptors (Lipinski definition) is 2. The van der Waals surface area contributed by atoms with Gasteiger partial charge in [0.1, 0.15) is 0 Å². The summed E-state index contributed by atoms with van der Waals surface area (Å²) in [6.07, 6.45) is 1.87. The van der Waals surface area contributed by atoms with Crippen molar-refractivity contribution in [3.05, 3.63) is 63.6 Å². The van der Waals surface area contributed by atoms with E-state index in [1.807, 2.05) is 29.8 Å². The van der Waals surface area contributed by atoms with Gasteiger partial charge >= 0.3 is 0 Å². The Bertz CT molecular complexity index is 601. The maximum atomic E-state index is 11.7. The molecule has 88 valence electrons. The van der Waals surface area contributed by atoms with Gasteiger partial charge in [-0.15, -0.1) is 0 Å². The van der Waals surface area contributed by atoms with Crippen molar-refractivity contribution in [2.75, 3.05) is 0 Å². The van der Waals surface area contributed by atoms with E-state index in [1.165, 1.54) is 5.56 Å². The highest BCUT2D eigenvalue weighted by molar-refractivity contribution is 7.79. The van der Waals surface area contributed by atoms with Crippen LogP contribution in [0.2, 0.25) is 0 Å². The number of nitrogens with zero attached hydrogens (tertiary/aromatic N) is 1. The fourth-order valence-corrected chi connectivity index (χ4v) is 2.09. The van der Waals surface area contributed by atoms with E-state index in [9.17, 15) is 4.79 Å². The van der Waals surface area contributed by atoms with Gasteiger partial charge in [-0.3, -0.25) is 4.79 Å². The average molecular weight is 245 g/mol. The maximum Gasteiger partial charge on any atom is 0.185 e. The second kappa shape index (κ2) is 4.80. The van der Waals surface area contributed by atoms with Crippen LogP contribution in [-0.4, -0.2) is 4.57 Å². The van der Waals surface area contributed by atoms with Crippen LogP contribution in [0.5, 0.6) is 0 Å². The highest BCUT2D eigenvalue weighted by Gasteiger charge is 2.04. The minimum absolute atomic E-state index is 0.0569. The van der Waals surface area contributed by atoms with Crippen molar-refractivity contribution < 1.29 is 0 Å². The van der Waals surface area contributed by atoms with Gasteiger partial charge < -0.3 is 4.57 Å². The van der Waals surface area contributed by atoms with Crippen LogP contribution >= 0.6 is 12.6 Å². The smallest absolute Gasteiger partial charge is 0.185 e. The molecule has 3 heteroatoms. The first-order valence-electron chi connectivity index (χ1n) is 5.52. The van der Waals surface area contributed by atoms with Gasteiger partial charge in [0.25, 0.3) is 0 Å². The summed E-state index contributed by atoms with van der Waals surface area (Å²) in [4.78, 5) is 11.7. The molecule has 0 radical (unpaired) electrons. The SMILES string of the molecule is Cc1cccc(-n2cc(CS)c(=O)cc2C)c1. The van der Waals surface area contributed by atoms with Crippen LogP contribution in [0.3, 0.4) is 0 Å². The largest absolute Gasteiger partial charge is 0.321 e. The predicted octanol–water partition coefficient (Wildman–Crippen LogP) is 2.88. The topological polar surface area (TPSA) is 22.0 Å². The third-order valence-corrected chi connectivity index (χ3v) is 3.11. The van der Waals surface area contributed by atoms with Crippen LogP contribution in [0, 0.1) is 13.8 Å². The van der Waals surface area contributed by atoms with Crippen LogP contribution in [-0.2, 0) is 5.75 Å². The van der Waals surface area contributed by atoms with E-state index in [1.54, 1.807) is 6.07 Å². The molecule has 0 saturated carbocycles. The molecular weight excluding hydrogens is 230 g/mol. The maximum absolute atomic E-state index is 11.7. The molecule has 2 rings (SSSR count). The van der Waals surface area contributed by atoms with Gasteiger partial charge in [0.15, 0.2) is 5.43 Å². The van der Waals surface area contributed by atoms with E-state index < -0.39 is 0 Å². The number of thiol groups is 1. The minimum atomic E-state index is 0.0569. The van der Waals surface area contributed by atoms with Crippen molar-refractivity contribution in [1.29, 1.82) is 0 Å². The number of benzene rings is 1. The molecule has 0 unspecified atom stereocenters. The normalized spacial score (nSPS) is 10.5. The Morgan fingerprint density at radius 2 is 2.00 bits per heavy atom. The van der Waals surface area contributed by atoms with Gasteiger partial charge in [0, 0.05) is 35.0 Å². The van der Waals surface area contributed by atoms with Crippen molar-refractivity contribution in [2.24, 2.45) is 0 Å². The molecule has 1 aromatic carbocycles. The summed E-state index contributed by atoms with van der Waals surface area (Å²) >= 11 is 4.18. The Balaban J connectivity index is 2.63. The second-order valence-electron chi connectivity index (χ2n) is 4.17. The van der Waals surface area contributed by atoms with Crippen molar-refractivity contribution >= 4 is 12.6 Å². The zero-order chi connectivity index (χ0) is 12.4. The van der Waals surface area contributed by atoms with E-state index in [2.05, 4.69) is 31.7 Å². The summed E-state index contributed by atoms with van der Waals surface area (Å²) in [6, 6.07) is 9.86. The molecule has 2 aromatic rings. The summed E-state index contributed by atoms with van der Waals surface area (Å²) in [7, 11) is 0.